The summed E-state index contributed by atoms with van der Waals surface area (Å²) in [6.45, 7) is 0.104. The molecule has 0 saturated heterocycles. The summed E-state index contributed by atoms with van der Waals surface area (Å²) >= 11 is 0. The lowest BCUT2D eigenvalue weighted by molar-refractivity contribution is -0.137. The largest absolute Gasteiger partial charge is 0.454 e. The summed E-state index contributed by atoms with van der Waals surface area (Å²) in [6.07, 6.45) is -3.54. The Morgan fingerprint density at radius 1 is 0.941 bits per heavy atom. The van der Waals surface area contributed by atoms with E-state index >= 15 is 0 Å². The van der Waals surface area contributed by atoms with Crippen LogP contribution in [0.5, 0.6) is 11.5 Å². The molecule has 5 rings (SSSR count). The molecule has 0 spiro atoms. The molecule has 0 unspecified atom stereocenters. The van der Waals surface area contributed by atoms with Crippen molar-refractivity contribution < 1.29 is 32.2 Å². The van der Waals surface area contributed by atoms with E-state index in [-0.39, 0.29) is 35.1 Å². The van der Waals surface area contributed by atoms with Crippen LogP contribution in [0.3, 0.4) is 0 Å². The van der Waals surface area contributed by atoms with E-state index in [9.17, 15) is 22.8 Å². The van der Waals surface area contributed by atoms with Gasteiger partial charge in [-0.25, -0.2) is 0 Å². The monoisotopic (exact) mass is 468 g/mol. The first kappa shape index (κ1) is 21.8. The lowest BCUT2D eigenvalue weighted by Crippen LogP contribution is -2.28. The molecule has 1 fully saturated rings. The highest BCUT2D eigenvalue weighted by Crippen LogP contribution is 2.51. The Labute approximate surface area is 192 Å². The Kier molecular flexibility index (Phi) is 5.00. The van der Waals surface area contributed by atoms with Gasteiger partial charge in [-0.1, -0.05) is 24.3 Å². The topological polar surface area (TPSA) is 90.7 Å². The molecule has 9 heteroatoms. The van der Waals surface area contributed by atoms with Crippen molar-refractivity contribution in [2.45, 2.75) is 24.4 Å². The average molecular weight is 468 g/mol. The molecule has 0 bridgehead atoms. The van der Waals surface area contributed by atoms with Crippen LogP contribution in [0.25, 0.3) is 11.1 Å². The molecule has 3 N–H and O–H groups in total. The molecule has 1 aliphatic carbocycles. The fourth-order valence-electron chi connectivity index (χ4n) is 4.17. The normalized spacial score (nSPS) is 15.6. The maximum Gasteiger partial charge on any atom is 0.417 e. The molecule has 6 nitrogen and oxygen atoms in total. The summed E-state index contributed by atoms with van der Waals surface area (Å²) in [6, 6.07) is 14.5. The van der Waals surface area contributed by atoms with Crippen LogP contribution >= 0.6 is 0 Å². The number of carbonyl (C=O) groups is 2. The van der Waals surface area contributed by atoms with E-state index in [0.29, 0.717) is 24.3 Å². The molecular formula is C25H19F3N2O4. The summed E-state index contributed by atoms with van der Waals surface area (Å²) in [5.41, 5.74) is 4.44. The van der Waals surface area contributed by atoms with Crippen LogP contribution in [0, 0.1) is 0 Å². The van der Waals surface area contributed by atoms with Gasteiger partial charge in [0, 0.05) is 11.3 Å². The molecule has 1 aliphatic heterocycles. The van der Waals surface area contributed by atoms with E-state index in [2.05, 4.69) is 5.32 Å². The van der Waals surface area contributed by atoms with Gasteiger partial charge in [-0.05, 0) is 65.9 Å². The van der Waals surface area contributed by atoms with Gasteiger partial charge in [-0.15, -0.1) is 0 Å². The third-order valence-corrected chi connectivity index (χ3v) is 6.15. The third kappa shape index (κ3) is 3.83. The number of benzene rings is 3. The minimum Gasteiger partial charge on any atom is -0.454 e. The average Bonchev–Trinajstić information content (AvgIpc) is 3.49. The van der Waals surface area contributed by atoms with Gasteiger partial charge in [0.15, 0.2) is 11.5 Å². The minimum absolute atomic E-state index is 0.0270. The zero-order valence-electron chi connectivity index (χ0n) is 17.7. The van der Waals surface area contributed by atoms with Crippen LogP contribution in [0.4, 0.5) is 18.9 Å². The zero-order chi connectivity index (χ0) is 24.1. The van der Waals surface area contributed by atoms with Crippen LogP contribution in [-0.4, -0.2) is 18.6 Å². The number of halogens is 3. The van der Waals surface area contributed by atoms with E-state index in [0.717, 1.165) is 11.6 Å². The number of nitrogens with two attached hydrogens (primary N) is 1. The molecule has 0 aromatic heterocycles. The van der Waals surface area contributed by atoms with Crippen molar-refractivity contribution in [3.63, 3.8) is 0 Å². The summed E-state index contributed by atoms with van der Waals surface area (Å²) in [5, 5.41) is 2.65. The summed E-state index contributed by atoms with van der Waals surface area (Å²) in [7, 11) is 0. The lowest BCUT2D eigenvalue weighted by Gasteiger charge is -2.19. The number of amides is 2. The second-order valence-electron chi connectivity index (χ2n) is 8.31. The van der Waals surface area contributed by atoms with Gasteiger partial charge in [0.2, 0.25) is 18.6 Å². The number of nitrogens with one attached hydrogen (secondary N) is 1. The fraction of sp³-hybridized carbons (Fsp3) is 0.200. The minimum atomic E-state index is -4.69. The van der Waals surface area contributed by atoms with E-state index in [1.54, 1.807) is 18.2 Å². The number of anilines is 1. The second kappa shape index (κ2) is 7.79. The maximum atomic E-state index is 13.9. The number of fused-ring (bicyclic) bond motifs is 1. The quantitative estimate of drug-likeness (QED) is 0.559. The Morgan fingerprint density at radius 2 is 1.71 bits per heavy atom. The highest BCUT2D eigenvalue weighted by Gasteiger charge is 2.51. The molecule has 2 aliphatic rings. The summed E-state index contributed by atoms with van der Waals surface area (Å²) < 4.78 is 52.4. The van der Waals surface area contributed by atoms with Gasteiger partial charge in [0.25, 0.3) is 0 Å². The van der Waals surface area contributed by atoms with Crippen molar-refractivity contribution in [2.24, 2.45) is 5.73 Å². The molecule has 3 aromatic rings. The number of rotatable bonds is 5. The second-order valence-corrected chi connectivity index (χ2v) is 8.31. The van der Waals surface area contributed by atoms with E-state index < -0.39 is 23.1 Å². The first-order valence-electron chi connectivity index (χ1n) is 10.5. The van der Waals surface area contributed by atoms with Gasteiger partial charge in [0.1, 0.15) is 0 Å². The Morgan fingerprint density at radius 3 is 2.41 bits per heavy atom. The molecule has 2 amide bonds. The van der Waals surface area contributed by atoms with Gasteiger partial charge in [-0.3, -0.25) is 9.59 Å². The molecule has 174 valence electrons. The predicted molar refractivity (Wildman–Crippen MR) is 118 cm³/mol. The van der Waals surface area contributed by atoms with Gasteiger partial charge >= 0.3 is 6.18 Å². The smallest absolute Gasteiger partial charge is 0.417 e. The number of hydrogen-bond acceptors (Lipinski definition) is 4. The van der Waals surface area contributed by atoms with Crippen LogP contribution in [0.2, 0.25) is 0 Å². The van der Waals surface area contributed by atoms with Crippen molar-refractivity contribution in [1.82, 2.24) is 0 Å². The van der Waals surface area contributed by atoms with Gasteiger partial charge in [0.05, 0.1) is 11.0 Å². The molecule has 3 aromatic carbocycles. The van der Waals surface area contributed by atoms with E-state index in [1.807, 2.05) is 0 Å². The van der Waals surface area contributed by atoms with Gasteiger partial charge in [-0.2, -0.15) is 13.2 Å². The standard InChI is InChI=1S/C25H19F3N2O4/c26-25(27,28)19-12-17(5-6-18(19)14-2-1-3-15(10-14)22(29)31)30-23(32)24(8-9-24)16-4-7-20-21(11-16)34-13-33-20/h1-7,10-12H,8-9,13H2,(H2,29,31)(H,30,32). The third-order valence-electron chi connectivity index (χ3n) is 6.15. The van der Waals surface area contributed by atoms with Crippen LogP contribution < -0.4 is 20.5 Å². The number of alkyl halides is 3. The van der Waals surface area contributed by atoms with Crippen molar-refractivity contribution in [2.75, 3.05) is 12.1 Å². The summed E-state index contributed by atoms with van der Waals surface area (Å²) in [4.78, 5) is 24.6. The highest BCUT2D eigenvalue weighted by atomic mass is 19.4. The Balaban J connectivity index is 1.45. The fourth-order valence-corrected chi connectivity index (χ4v) is 4.17. The predicted octanol–water partition coefficient (Wildman–Crippen LogP) is 4.87. The van der Waals surface area contributed by atoms with Crippen LogP contribution in [0.1, 0.15) is 34.3 Å². The molecule has 34 heavy (non-hydrogen) atoms. The summed E-state index contributed by atoms with van der Waals surface area (Å²) in [5.74, 6) is 0.00440. The number of hydrogen-bond donors (Lipinski definition) is 2. The van der Waals surface area contributed by atoms with Crippen molar-refractivity contribution in [1.29, 1.82) is 0 Å². The maximum absolute atomic E-state index is 13.9. The van der Waals surface area contributed by atoms with E-state index in [4.69, 9.17) is 15.2 Å². The number of ether oxygens (including phenoxy) is 2. The van der Waals surface area contributed by atoms with Crippen molar-refractivity contribution in [3.05, 3.63) is 77.4 Å². The van der Waals surface area contributed by atoms with E-state index in [1.165, 1.54) is 36.4 Å². The number of primary amides is 1. The highest BCUT2D eigenvalue weighted by molar-refractivity contribution is 6.02. The first-order chi connectivity index (χ1) is 16.2. The van der Waals surface area contributed by atoms with Crippen molar-refractivity contribution in [3.8, 4) is 22.6 Å². The number of carbonyl (C=O) groups excluding carboxylic acids is 2. The van der Waals surface area contributed by atoms with Crippen molar-refractivity contribution >= 4 is 17.5 Å². The molecule has 1 saturated carbocycles. The molecular weight excluding hydrogens is 449 g/mol. The zero-order valence-corrected chi connectivity index (χ0v) is 17.7. The van der Waals surface area contributed by atoms with Gasteiger partial charge < -0.3 is 20.5 Å². The molecule has 0 atom stereocenters. The molecule has 0 radical (unpaired) electrons. The Bertz CT molecular complexity index is 1320. The SMILES string of the molecule is NC(=O)c1cccc(-c2ccc(NC(=O)C3(c4ccc5c(c4)OCO5)CC3)cc2C(F)(F)F)c1. The van der Waals surface area contributed by atoms with Crippen LogP contribution in [0.15, 0.2) is 60.7 Å². The first-order valence-corrected chi connectivity index (χ1v) is 10.5. The Hall–Kier alpha value is -4.01. The molecule has 1 heterocycles. The van der Waals surface area contributed by atoms with Crippen LogP contribution in [-0.2, 0) is 16.4 Å². The lowest BCUT2D eigenvalue weighted by atomic mass is 9.94.